The Hall–Kier alpha value is -3.18. The molecule has 4 rings (SSSR count). The van der Waals surface area contributed by atoms with Gasteiger partial charge in [-0.3, -0.25) is 9.59 Å². The van der Waals surface area contributed by atoms with Crippen LogP contribution in [0.2, 0.25) is 0 Å². The van der Waals surface area contributed by atoms with Crippen molar-refractivity contribution in [1.29, 1.82) is 0 Å². The summed E-state index contributed by atoms with van der Waals surface area (Å²) < 4.78 is 5.12. The first-order valence-corrected chi connectivity index (χ1v) is 8.75. The largest absolute Gasteiger partial charge is 0.461 e. The van der Waals surface area contributed by atoms with E-state index >= 15 is 0 Å². The lowest BCUT2D eigenvalue weighted by atomic mass is 9.89. The topological polar surface area (TPSA) is 70.8 Å². The first-order valence-electron chi connectivity index (χ1n) is 8.75. The van der Waals surface area contributed by atoms with E-state index in [1.54, 1.807) is 29.2 Å². The molecule has 5 nitrogen and oxygen atoms in total. The number of aryl methyl sites for hydroxylation is 1. The zero-order chi connectivity index (χ0) is 19.0. The van der Waals surface area contributed by atoms with Crippen LogP contribution in [0.3, 0.4) is 0 Å². The minimum Gasteiger partial charge on any atom is -0.461 e. The molecule has 2 aromatic carbocycles. The van der Waals surface area contributed by atoms with Crippen LogP contribution in [-0.4, -0.2) is 16.8 Å². The third kappa shape index (κ3) is 2.96. The molecule has 27 heavy (non-hydrogen) atoms. The molecule has 5 heteroatoms. The van der Waals surface area contributed by atoms with Crippen LogP contribution in [0.25, 0.3) is 0 Å². The lowest BCUT2D eigenvalue weighted by Crippen LogP contribution is -2.41. The Labute approximate surface area is 156 Å². The molecule has 0 spiro atoms. The van der Waals surface area contributed by atoms with Crippen LogP contribution in [0.1, 0.15) is 33.7 Å². The van der Waals surface area contributed by atoms with Gasteiger partial charge in [0.2, 0.25) is 5.78 Å². The van der Waals surface area contributed by atoms with Gasteiger partial charge in [-0.25, -0.2) is 0 Å². The van der Waals surface area contributed by atoms with Gasteiger partial charge in [-0.1, -0.05) is 48.0 Å². The molecule has 1 N–H and O–H groups in total. The van der Waals surface area contributed by atoms with Gasteiger partial charge < -0.3 is 14.4 Å². The van der Waals surface area contributed by atoms with Crippen LogP contribution in [0.15, 0.2) is 71.3 Å². The van der Waals surface area contributed by atoms with Gasteiger partial charge in [0.1, 0.15) is 0 Å². The molecule has 1 aliphatic rings. The minimum absolute atomic E-state index is 0.130. The normalized spacial score (nSPS) is 18.6. The molecule has 0 saturated carbocycles. The second kappa shape index (κ2) is 6.52. The lowest BCUT2D eigenvalue weighted by molar-refractivity contribution is -0.136. The Kier molecular flexibility index (Phi) is 4.16. The highest BCUT2D eigenvalue weighted by Gasteiger charge is 2.51. The van der Waals surface area contributed by atoms with Crippen molar-refractivity contribution in [3.8, 4) is 0 Å². The number of aliphatic hydroxyl groups is 1. The van der Waals surface area contributed by atoms with Gasteiger partial charge in [-0.2, -0.15) is 0 Å². The molecule has 0 bridgehead atoms. The summed E-state index contributed by atoms with van der Waals surface area (Å²) in [5.74, 6) is -0.779. The summed E-state index contributed by atoms with van der Waals surface area (Å²) in [5, 5.41) is 11.2. The monoisotopic (exact) mass is 361 g/mol. The maximum absolute atomic E-state index is 13.2. The molecule has 1 aromatic heterocycles. The number of ketones is 1. The molecule has 136 valence electrons. The zero-order valence-corrected chi connectivity index (χ0v) is 14.9. The number of furan rings is 1. The van der Waals surface area contributed by atoms with Crippen molar-refractivity contribution in [1.82, 2.24) is 0 Å². The average Bonchev–Trinajstić information content (AvgIpc) is 3.26. The molecule has 1 atom stereocenters. The SMILES string of the molecule is Cc1cccc(CN2C(=O)[C@](O)(CC(=O)c3ccco3)c3ccccc32)c1. The molecular weight excluding hydrogens is 342 g/mol. The van der Waals surface area contributed by atoms with Crippen molar-refractivity contribution in [2.75, 3.05) is 4.90 Å². The lowest BCUT2D eigenvalue weighted by Gasteiger charge is -2.22. The Morgan fingerprint density at radius 1 is 1.11 bits per heavy atom. The Morgan fingerprint density at radius 3 is 2.67 bits per heavy atom. The van der Waals surface area contributed by atoms with Gasteiger partial charge in [0.05, 0.1) is 24.9 Å². The second-order valence-corrected chi connectivity index (χ2v) is 6.84. The van der Waals surface area contributed by atoms with E-state index in [4.69, 9.17) is 4.42 Å². The Bertz CT molecular complexity index is 1010. The third-order valence-corrected chi connectivity index (χ3v) is 4.87. The van der Waals surface area contributed by atoms with E-state index in [-0.39, 0.29) is 12.2 Å². The Balaban J connectivity index is 1.69. The van der Waals surface area contributed by atoms with Crippen LogP contribution < -0.4 is 4.90 Å². The minimum atomic E-state index is -1.90. The maximum atomic E-state index is 13.2. The quantitative estimate of drug-likeness (QED) is 0.705. The highest BCUT2D eigenvalue weighted by Crippen LogP contribution is 2.43. The van der Waals surface area contributed by atoms with Crippen LogP contribution in [-0.2, 0) is 16.9 Å². The van der Waals surface area contributed by atoms with Gasteiger partial charge >= 0.3 is 0 Å². The fraction of sp³-hybridized carbons (Fsp3) is 0.182. The summed E-state index contributed by atoms with van der Waals surface area (Å²) >= 11 is 0. The van der Waals surface area contributed by atoms with Crippen molar-refractivity contribution >= 4 is 17.4 Å². The van der Waals surface area contributed by atoms with E-state index in [2.05, 4.69) is 0 Å². The van der Waals surface area contributed by atoms with E-state index in [0.717, 1.165) is 11.1 Å². The van der Waals surface area contributed by atoms with Crippen molar-refractivity contribution in [3.05, 3.63) is 89.4 Å². The number of hydrogen-bond acceptors (Lipinski definition) is 4. The number of rotatable bonds is 5. The van der Waals surface area contributed by atoms with E-state index in [9.17, 15) is 14.7 Å². The standard InChI is InChI=1S/C22H19NO4/c1-15-6-4-7-16(12-15)14-23-18-9-3-2-8-17(18)22(26,21(23)25)13-19(24)20-10-5-11-27-20/h2-12,26H,13-14H2,1H3/t22-/m0/s1. The van der Waals surface area contributed by atoms with Crippen molar-refractivity contribution in [2.24, 2.45) is 0 Å². The van der Waals surface area contributed by atoms with Crippen LogP contribution >= 0.6 is 0 Å². The van der Waals surface area contributed by atoms with E-state index in [1.165, 1.54) is 12.3 Å². The zero-order valence-electron chi connectivity index (χ0n) is 14.9. The fourth-order valence-corrected chi connectivity index (χ4v) is 3.58. The fourth-order valence-electron chi connectivity index (χ4n) is 3.58. The molecule has 0 saturated heterocycles. The van der Waals surface area contributed by atoms with E-state index < -0.39 is 17.3 Å². The van der Waals surface area contributed by atoms with Crippen LogP contribution in [0.4, 0.5) is 5.69 Å². The average molecular weight is 361 g/mol. The first-order chi connectivity index (χ1) is 13.0. The summed E-state index contributed by atoms with van der Waals surface area (Å²) in [6.45, 7) is 2.32. The summed E-state index contributed by atoms with van der Waals surface area (Å²) in [5.41, 5.74) is 1.22. The molecule has 0 aliphatic carbocycles. The predicted molar refractivity (Wildman–Crippen MR) is 100 cm³/mol. The number of hydrogen-bond donors (Lipinski definition) is 1. The number of carbonyl (C=O) groups excluding carboxylic acids is 2. The smallest absolute Gasteiger partial charge is 0.264 e. The number of anilines is 1. The second-order valence-electron chi connectivity index (χ2n) is 6.84. The van der Waals surface area contributed by atoms with Gasteiger partial charge in [-0.15, -0.1) is 0 Å². The first kappa shape index (κ1) is 17.2. The van der Waals surface area contributed by atoms with Crippen LogP contribution in [0.5, 0.6) is 0 Å². The summed E-state index contributed by atoms with van der Waals surface area (Å²) in [6, 6.07) is 18.0. The number of carbonyl (C=O) groups is 2. The molecule has 1 amide bonds. The highest BCUT2D eigenvalue weighted by atomic mass is 16.3. The van der Waals surface area contributed by atoms with E-state index in [1.807, 2.05) is 37.3 Å². The van der Waals surface area contributed by atoms with Crippen molar-refractivity contribution in [2.45, 2.75) is 25.5 Å². The van der Waals surface area contributed by atoms with Gasteiger partial charge in [-0.05, 0) is 30.7 Å². The molecule has 0 fully saturated rings. The number of fused-ring (bicyclic) bond motifs is 1. The molecular formula is C22H19NO4. The number of nitrogens with zero attached hydrogens (tertiary/aromatic N) is 1. The number of Topliss-reactive ketones (excluding diaryl/α,β-unsaturated/α-hetero) is 1. The van der Waals surface area contributed by atoms with E-state index in [0.29, 0.717) is 17.8 Å². The molecule has 3 aromatic rings. The molecule has 0 radical (unpaired) electrons. The van der Waals surface area contributed by atoms with Gasteiger partial charge in [0, 0.05) is 5.56 Å². The number of amides is 1. The summed E-state index contributed by atoms with van der Waals surface area (Å²) in [6.07, 6.45) is 1.03. The maximum Gasteiger partial charge on any atom is 0.264 e. The number of para-hydroxylation sites is 1. The number of benzene rings is 2. The van der Waals surface area contributed by atoms with Crippen molar-refractivity contribution < 1.29 is 19.1 Å². The highest BCUT2D eigenvalue weighted by molar-refractivity contribution is 6.10. The van der Waals surface area contributed by atoms with Crippen LogP contribution in [0, 0.1) is 6.92 Å². The molecule has 2 heterocycles. The van der Waals surface area contributed by atoms with Gasteiger partial charge in [0.25, 0.3) is 5.91 Å². The summed E-state index contributed by atoms with van der Waals surface area (Å²) in [4.78, 5) is 27.2. The molecule has 0 unspecified atom stereocenters. The van der Waals surface area contributed by atoms with Crippen molar-refractivity contribution in [3.63, 3.8) is 0 Å². The van der Waals surface area contributed by atoms with Gasteiger partial charge in [0.15, 0.2) is 11.4 Å². The third-order valence-electron chi connectivity index (χ3n) is 4.87. The predicted octanol–water partition coefficient (Wildman–Crippen LogP) is 3.60. The Morgan fingerprint density at radius 2 is 1.93 bits per heavy atom. The molecule has 1 aliphatic heterocycles. The summed E-state index contributed by atoms with van der Waals surface area (Å²) in [7, 11) is 0.